The van der Waals surface area contributed by atoms with Crippen molar-refractivity contribution in [1.82, 2.24) is 4.57 Å². The van der Waals surface area contributed by atoms with Crippen molar-refractivity contribution in [3.8, 4) is 11.3 Å². The van der Waals surface area contributed by atoms with Gasteiger partial charge in [-0.05, 0) is 42.8 Å². The van der Waals surface area contributed by atoms with Gasteiger partial charge in [0.25, 0.3) is 11.6 Å². The molecule has 1 amide bonds. The summed E-state index contributed by atoms with van der Waals surface area (Å²) in [4.78, 5) is 28.2. The van der Waals surface area contributed by atoms with E-state index < -0.39 is 10.8 Å². The Balaban J connectivity index is 2.03. The highest BCUT2D eigenvalue weighted by Gasteiger charge is 2.14. The van der Waals surface area contributed by atoms with Crippen LogP contribution in [0.5, 0.6) is 0 Å². The number of benzene rings is 2. The minimum atomic E-state index is -0.559. The molecule has 132 valence electrons. The number of nitro groups is 1. The molecular weight excluding hydrogens is 357 g/mol. The van der Waals surface area contributed by atoms with Gasteiger partial charge in [-0.2, -0.15) is 4.99 Å². The van der Waals surface area contributed by atoms with E-state index in [4.69, 9.17) is 0 Å². The van der Waals surface area contributed by atoms with E-state index in [0.29, 0.717) is 4.80 Å². The van der Waals surface area contributed by atoms with Crippen LogP contribution < -0.4 is 4.80 Å². The molecule has 1 heterocycles. The molecule has 8 heteroatoms. The summed E-state index contributed by atoms with van der Waals surface area (Å²) in [5, 5.41) is 10.9. The van der Waals surface area contributed by atoms with Crippen LogP contribution in [0.25, 0.3) is 11.3 Å². The number of halogens is 1. The van der Waals surface area contributed by atoms with Crippen molar-refractivity contribution in [3.05, 3.63) is 79.7 Å². The van der Waals surface area contributed by atoms with E-state index in [9.17, 15) is 19.3 Å². The second-order valence-corrected chi connectivity index (χ2v) is 6.76. The van der Waals surface area contributed by atoms with E-state index in [0.717, 1.165) is 16.1 Å². The summed E-state index contributed by atoms with van der Waals surface area (Å²) in [6.07, 6.45) is 0. The lowest BCUT2D eigenvalue weighted by Gasteiger charge is -2.04. The summed E-state index contributed by atoms with van der Waals surface area (Å²) in [6.45, 7) is 1.89. The van der Waals surface area contributed by atoms with Crippen molar-refractivity contribution in [1.29, 1.82) is 0 Å². The van der Waals surface area contributed by atoms with Gasteiger partial charge in [-0.25, -0.2) is 4.39 Å². The largest absolute Gasteiger partial charge is 0.319 e. The van der Waals surface area contributed by atoms with Gasteiger partial charge in [0.05, 0.1) is 10.6 Å². The number of aromatic nitrogens is 1. The van der Waals surface area contributed by atoms with Crippen LogP contribution in [-0.2, 0) is 7.05 Å². The number of amides is 1. The molecule has 0 atom stereocenters. The summed E-state index contributed by atoms with van der Waals surface area (Å²) >= 11 is 1.32. The fourth-order valence-corrected chi connectivity index (χ4v) is 3.57. The third-order valence-corrected chi connectivity index (χ3v) is 4.87. The Hall–Kier alpha value is -3.13. The molecule has 0 bridgehead atoms. The van der Waals surface area contributed by atoms with Gasteiger partial charge in [0.15, 0.2) is 4.80 Å². The monoisotopic (exact) mass is 371 g/mol. The van der Waals surface area contributed by atoms with Crippen LogP contribution in [0.4, 0.5) is 10.1 Å². The molecule has 26 heavy (non-hydrogen) atoms. The number of nitro benzene ring substituents is 1. The van der Waals surface area contributed by atoms with Crippen LogP contribution in [0.15, 0.2) is 53.5 Å². The third-order valence-electron chi connectivity index (χ3n) is 3.82. The molecule has 0 saturated heterocycles. The number of thiazole rings is 1. The molecule has 0 N–H and O–H groups in total. The SMILES string of the molecule is Cc1sc(=NC(=O)c2cccc([N+](=O)[O-])c2)n(C)c1-c1ccc(F)cc1. The van der Waals surface area contributed by atoms with Crippen LogP contribution in [0.2, 0.25) is 0 Å². The van der Waals surface area contributed by atoms with Crippen molar-refractivity contribution in [2.45, 2.75) is 6.92 Å². The maximum absolute atomic E-state index is 13.1. The molecule has 0 saturated carbocycles. The quantitative estimate of drug-likeness (QED) is 0.518. The highest BCUT2D eigenvalue weighted by Crippen LogP contribution is 2.24. The smallest absolute Gasteiger partial charge is 0.279 e. The Kier molecular flexibility index (Phi) is 4.77. The molecule has 3 rings (SSSR count). The lowest BCUT2D eigenvalue weighted by Crippen LogP contribution is -2.14. The minimum Gasteiger partial charge on any atom is -0.319 e. The predicted octanol–water partition coefficient (Wildman–Crippen LogP) is 3.85. The molecule has 1 aromatic heterocycles. The highest BCUT2D eigenvalue weighted by molar-refractivity contribution is 7.09. The first kappa shape index (κ1) is 17.7. The standard InChI is InChI=1S/C18H14FN3O3S/c1-11-16(12-6-8-14(19)9-7-12)21(2)18(26-11)20-17(23)13-4-3-5-15(10-13)22(24)25/h3-10H,1-2H3. The molecule has 0 unspecified atom stereocenters. The van der Waals surface area contributed by atoms with E-state index in [1.807, 2.05) is 6.92 Å². The van der Waals surface area contributed by atoms with Gasteiger partial charge in [-0.15, -0.1) is 11.3 Å². The summed E-state index contributed by atoms with van der Waals surface area (Å²) in [7, 11) is 1.77. The number of non-ortho nitro benzene ring substituents is 1. The topological polar surface area (TPSA) is 77.5 Å². The van der Waals surface area contributed by atoms with Crippen LogP contribution in [-0.4, -0.2) is 15.4 Å². The van der Waals surface area contributed by atoms with Gasteiger partial charge < -0.3 is 4.57 Å². The van der Waals surface area contributed by atoms with Crippen LogP contribution >= 0.6 is 11.3 Å². The molecule has 6 nitrogen and oxygen atoms in total. The van der Waals surface area contributed by atoms with Crippen molar-refractivity contribution < 1.29 is 14.1 Å². The zero-order valence-corrected chi connectivity index (χ0v) is 14.8. The molecule has 3 aromatic rings. The van der Waals surface area contributed by atoms with Gasteiger partial charge in [0.2, 0.25) is 0 Å². The first-order valence-corrected chi connectivity index (χ1v) is 8.44. The number of rotatable bonds is 3. The molecule has 2 aromatic carbocycles. The van der Waals surface area contributed by atoms with E-state index in [2.05, 4.69) is 4.99 Å². The lowest BCUT2D eigenvalue weighted by molar-refractivity contribution is -0.384. The number of carbonyl (C=O) groups excluding carboxylic acids is 1. The number of carbonyl (C=O) groups is 1. The van der Waals surface area contributed by atoms with Crippen LogP contribution in [0, 0.1) is 22.9 Å². The Bertz CT molecular complexity index is 1070. The van der Waals surface area contributed by atoms with E-state index in [1.54, 1.807) is 23.7 Å². The molecule has 0 spiro atoms. The van der Waals surface area contributed by atoms with Gasteiger partial charge in [0.1, 0.15) is 5.82 Å². The first-order chi connectivity index (χ1) is 12.4. The van der Waals surface area contributed by atoms with Gasteiger partial charge in [-0.3, -0.25) is 14.9 Å². The average molecular weight is 371 g/mol. The minimum absolute atomic E-state index is 0.147. The Morgan fingerprint density at radius 2 is 1.92 bits per heavy atom. The number of hydrogen-bond acceptors (Lipinski definition) is 4. The maximum Gasteiger partial charge on any atom is 0.279 e. The normalized spacial score (nSPS) is 11.6. The Morgan fingerprint density at radius 3 is 2.58 bits per heavy atom. The number of nitrogens with zero attached hydrogens (tertiary/aromatic N) is 3. The second kappa shape index (κ2) is 7.01. The van der Waals surface area contributed by atoms with Gasteiger partial charge in [0, 0.05) is 29.6 Å². The van der Waals surface area contributed by atoms with Crippen molar-refractivity contribution in [3.63, 3.8) is 0 Å². The van der Waals surface area contributed by atoms with Gasteiger partial charge in [-0.1, -0.05) is 6.07 Å². The highest BCUT2D eigenvalue weighted by atomic mass is 32.1. The first-order valence-electron chi connectivity index (χ1n) is 7.62. The summed E-state index contributed by atoms with van der Waals surface area (Å²) in [6, 6.07) is 11.5. The zero-order valence-electron chi connectivity index (χ0n) is 14.0. The molecule has 0 aliphatic carbocycles. The summed E-state index contributed by atoms with van der Waals surface area (Å²) in [5.74, 6) is -0.883. The van der Waals surface area contributed by atoms with Crippen molar-refractivity contribution >= 4 is 22.9 Å². The zero-order chi connectivity index (χ0) is 18.8. The molecular formula is C18H14FN3O3S. The average Bonchev–Trinajstić information content (AvgIpc) is 2.89. The molecule has 0 fully saturated rings. The maximum atomic E-state index is 13.1. The Morgan fingerprint density at radius 1 is 1.23 bits per heavy atom. The fourth-order valence-electron chi connectivity index (χ4n) is 2.59. The summed E-state index contributed by atoms with van der Waals surface area (Å²) in [5.41, 5.74) is 1.63. The number of hydrogen-bond donors (Lipinski definition) is 0. The predicted molar refractivity (Wildman–Crippen MR) is 96.4 cm³/mol. The van der Waals surface area contributed by atoms with Crippen LogP contribution in [0.1, 0.15) is 15.2 Å². The van der Waals surface area contributed by atoms with E-state index >= 15 is 0 Å². The van der Waals surface area contributed by atoms with Crippen molar-refractivity contribution in [2.24, 2.45) is 12.0 Å². The van der Waals surface area contributed by atoms with Crippen LogP contribution in [0.3, 0.4) is 0 Å². The lowest BCUT2D eigenvalue weighted by atomic mass is 10.1. The fraction of sp³-hybridized carbons (Fsp3) is 0.111. The Labute approximate surface area is 152 Å². The van der Waals surface area contributed by atoms with Gasteiger partial charge >= 0.3 is 0 Å². The second-order valence-electron chi connectivity index (χ2n) is 5.58. The number of aryl methyl sites for hydroxylation is 1. The molecule has 0 aliphatic rings. The van der Waals surface area contributed by atoms with E-state index in [1.165, 1.54) is 47.7 Å². The van der Waals surface area contributed by atoms with Crippen molar-refractivity contribution in [2.75, 3.05) is 0 Å². The third kappa shape index (κ3) is 3.45. The molecule has 0 aliphatic heterocycles. The summed E-state index contributed by atoms with van der Waals surface area (Å²) < 4.78 is 14.9. The molecule has 0 radical (unpaired) electrons. The van der Waals surface area contributed by atoms with E-state index in [-0.39, 0.29) is 17.1 Å².